The number of nitrogens with zero attached hydrogens (tertiary/aromatic N) is 2. The molecule has 0 heterocycles. The smallest absolute Gasteiger partial charge is 0.145 e. The summed E-state index contributed by atoms with van der Waals surface area (Å²) in [6, 6.07) is 3.56. The highest BCUT2D eigenvalue weighted by Gasteiger charge is 2.27. The molecule has 0 aliphatic carbocycles. The minimum atomic E-state index is -2.27. The van der Waals surface area contributed by atoms with Crippen LogP contribution in [0, 0.1) is 28.6 Å². The third kappa shape index (κ3) is 2.78. The van der Waals surface area contributed by atoms with E-state index in [-0.39, 0.29) is 0 Å². The lowest BCUT2D eigenvalue weighted by molar-refractivity contribution is 0.764. The Hall–Kier alpha value is -0.740. The van der Waals surface area contributed by atoms with Crippen LogP contribution in [-0.2, 0) is 0 Å². The van der Waals surface area contributed by atoms with Crippen molar-refractivity contribution in [2.24, 2.45) is 5.92 Å². The van der Waals surface area contributed by atoms with Crippen LogP contribution in [-0.4, -0.2) is 17.8 Å². The molecule has 0 fully saturated rings. The fraction of sp³-hybridized carbons (Fsp3) is 0.714. The lowest BCUT2D eigenvalue weighted by Gasteiger charge is -2.28. The zero-order valence-corrected chi connectivity index (χ0v) is 7.65. The van der Waals surface area contributed by atoms with Crippen molar-refractivity contribution in [2.45, 2.75) is 12.2 Å². The summed E-state index contributed by atoms with van der Waals surface area (Å²) in [5.41, 5.74) is 0. The first-order valence-electron chi connectivity index (χ1n) is 3.14. The van der Waals surface area contributed by atoms with Crippen LogP contribution >= 0.6 is 10.4 Å². The van der Waals surface area contributed by atoms with Gasteiger partial charge in [0.05, 0.1) is 12.1 Å². The van der Waals surface area contributed by atoms with E-state index in [1.807, 2.05) is 0 Å². The Morgan fingerprint density at radius 1 is 1.27 bits per heavy atom. The molecule has 0 aliphatic heterocycles. The molecular weight excluding hydrogens is 163 g/mol. The molecule has 0 aromatic carbocycles. The minimum Gasteiger partial charge on any atom is -0.197 e. The van der Waals surface area contributed by atoms with E-state index in [1.165, 1.54) is 12.5 Å². The van der Waals surface area contributed by atoms with Gasteiger partial charge in [0, 0.05) is 5.25 Å². The van der Waals surface area contributed by atoms with Crippen molar-refractivity contribution in [3.63, 3.8) is 0 Å². The Kier molecular flexibility index (Phi) is 3.35. The van der Waals surface area contributed by atoms with Crippen molar-refractivity contribution in [3.05, 3.63) is 0 Å². The monoisotopic (exact) mass is 174 g/mol. The Balaban J connectivity index is 4.40. The molecule has 62 valence electrons. The second kappa shape index (κ2) is 3.59. The predicted octanol–water partition coefficient (Wildman–Crippen LogP) is 1.99. The maximum Gasteiger partial charge on any atom is 0.145 e. The summed E-state index contributed by atoms with van der Waals surface area (Å²) in [5.74, 6) is -0.815. The average Bonchev–Trinajstić information content (AvgIpc) is 1.88. The van der Waals surface area contributed by atoms with Crippen LogP contribution in [0.15, 0.2) is 0 Å². The Labute approximate surface area is 68.2 Å². The van der Waals surface area contributed by atoms with Gasteiger partial charge in [-0.25, -0.2) is 0 Å². The van der Waals surface area contributed by atoms with E-state index in [0.717, 1.165) is 0 Å². The van der Waals surface area contributed by atoms with E-state index >= 15 is 0 Å². The van der Waals surface area contributed by atoms with Crippen LogP contribution in [0.25, 0.3) is 0 Å². The van der Waals surface area contributed by atoms with Gasteiger partial charge in [-0.2, -0.15) is 14.4 Å². The average molecular weight is 174 g/mol. The molecule has 2 nitrogen and oxygen atoms in total. The number of rotatable bonds is 2. The standard InChI is InChI=1S/C7H11FN2S/c1-6(11(2,3)8)7(4-9)5-10/h6-7H,1-3H3. The summed E-state index contributed by atoms with van der Waals surface area (Å²) in [6.07, 6.45) is 2.92. The molecule has 0 radical (unpaired) electrons. The third-order valence-corrected chi connectivity index (χ3v) is 3.67. The van der Waals surface area contributed by atoms with E-state index in [1.54, 1.807) is 19.1 Å². The van der Waals surface area contributed by atoms with Gasteiger partial charge < -0.3 is 0 Å². The Morgan fingerprint density at radius 3 is 1.73 bits per heavy atom. The predicted molar refractivity (Wildman–Crippen MR) is 44.7 cm³/mol. The fourth-order valence-corrected chi connectivity index (χ4v) is 1.33. The van der Waals surface area contributed by atoms with E-state index < -0.39 is 21.6 Å². The molecule has 0 rings (SSSR count). The van der Waals surface area contributed by atoms with Crippen LogP contribution in [0.3, 0.4) is 0 Å². The SMILES string of the molecule is CC(C(C#N)C#N)S(C)(C)F. The molecule has 0 aliphatic rings. The first-order valence-corrected chi connectivity index (χ1v) is 5.55. The van der Waals surface area contributed by atoms with Gasteiger partial charge in [0.1, 0.15) is 5.92 Å². The normalized spacial score (nSPS) is 15.2. The van der Waals surface area contributed by atoms with Crippen LogP contribution in [0.5, 0.6) is 0 Å². The fourth-order valence-electron chi connectivity index (χ4n) is 0.562. The van der Waals surface area contributed by atoms with Crippen molar-refractivity contribution in [1.82, 2.24) is 0 Å². The highest BCUT2D eigenvalue weighted by Crippen LogP contribution is 2.49. The summed E-state index contributed by atoms with van der Waals surface area (Å²) in [6.45, 7) is 1.60. The van der Waals surface area contributed by atoms with Crippen LogP contribution in [0.1, 0.15) is 6.92 Å². The summed E-state index contributed by atoms with van der Waals surface area (Å²) < 4.78 is 13.2. The van der Waals surface area contributed by atoms with Gasteiger partial charge in [-0.15, -0.1) is 0 Å². The third-order valence-electron chi connectivity index (χ3n) is 1.63. The molecule has 0 N–H and O–H groups in total. The Bertz CT molecular complexity index is 194. The molecule has 0 amide bonds. The molecule has 1 unspecified atom stereocenters. The van der Waals surface area contributed by atoms with Crippen molar-refractivity contribution in [1.29, 1.82) is 10.5 Å². The first kappa shape index (κ1) is 10.3. The molecule has 0 aromatic heterocycles. The van der Waals surface area contributed by atoms with Crippen LogP contribution in [0.4, 0.5) is 3.89 Å². The lowest BCUT2D eigenvalue weighted by atomic mass is 10.1. The summed E-state index contributed by atoms with van der Waals surface area (Å²) in [4.78, 5) is 0. The molecule has 0 bridgehead atoms. The molecule has 11 heavy (non-hydrogen) atoms. The zero-order valence-electron chi connectivity index (χ0n) is 6.84. The van der Waals surface area contributed by atoms with Gasteiger partial charge in [-0.05, 0) is 12.5 Å². The quantitative estimate of drug-likeness (QED) is 0.642. The molecule has 0 aromatic rings. The van der Waals surface area contributed by atoms with Crippen molar-refractivity contribution < 1.29 is 3.89 Å². The minimum absolute atomic E-state index is 0.461. The summed E-state index contributed by atoms with van der Waals surface area (Å²) in [5, 5.41) is 16.4. The second-order valence-corrected chi connectivity index (χ2v) is 6.02. The van der Waals surface area contributed by atoms with E-state index in [2.05, 4.69) is 0 Å². The van der Waals surface area contributed by atoms with E-state index in [4.69, 9.17) is 10.5 Å². The van der Waals surface area contributed by atoms with Crippen molar-refractivity contribution in [3.8, 4) is 12.1 Å². The topological polar surface area (TPSA) is 47.6 Å². The first-order chi connectivity index (χ1) is 4.93. The number of nitriles is 2. The second-order valence-electron chi connectivity index (χ2n) is 2.72. The van der Waals surface area contributed by atoms with Crippen molar-refractivity contribution in [2.75, 3.05) is 12.5 Å². The molecule has 0 spiro atoms. The van der Waals surface area contributed by atoms with Crippen LogP contribution in [0.2, 0.25) is 0 Å². The van der Waals surface area contributed by atoms with Crippen LogP contribution < -0.4 is 0 Å². The van der Waals surface area contributed by atoms with Gasteiger partial charge >= 0.3 is 0 Å². The highest BCUT2D eigenvalue weighted by atomic mass is 32.3. The van der Waals surface area contributed by atoms with E-state index in [0.29, 0.717) is 0 Å². The number of halogens is 1. The maximum absolute atomic E-state index is 13.2. The van der Waals surface area contributed by atoms with E-state index in [9.17, 15) is 3.89 Å². The Morgan fingerprint density at radius 2 is 1.64 bits per heavy atom. The number of hydrogen-bond acceptors (Lipinski definition) is 2. The summed E-state index contributed by atoms with van der Waals surface area (Å²) >= 11 is 0. The summed E-state index contributed by atoms with van der Waals surface area (Å²) in [7, 11) is -2.27. The van der Waals surface area contributed by atoms with Gasteiger partial charge in [0.2, 0.25) is 0 Å². The molecule has 4 heteroatoms. The molecule has 0 saturated heterocycles. The highest BCUT2D eigenvalue weighted by molar-refractivity contribution is 8.28. The largest absolute Gasteiger partial charge is 0.197 e. The molecule has 0 saturated carbocycles. The van der Waals surface area contributed by atoms with Crippen molar-refractivity contribution >= 4 is 10.4 Å². The zero-order chi connectivity index (χ0) is 9.07. The number of hydrogen-bond donors (Lipinski definition) is 0. The lowest BCUT2D eigenvalue weighted by Crippen LogP contribution is -2.18. The molecular formula is C7H11FN2S. The van der Waals surface area contributed by atoms with Gasteiger partial charge in [0.15, 0.2) is 0 Å². The van der Waals surface area contributed by atoms with Gasteiger partial charge in [0.25, 0.3) is 0 Å². The molecule has 1 atom stereocenters. The van der Waals surface area contributed by atoms with Gasteiger partial charge in [-0.3, -0.25) is 0 Å². The van der Waals surface area contributed by atoms with Gasteiger partial charge in [-0.1, -0.05) is 17.3 Å². The maximum atomic E-state index is 13.2.